The van der Waals surface area contributed by atoms with Crippen LogP contribution in [0.15, 0.2) is 60.9 Å². The number of nitrogens with zero attached hydrogens (tertiary/aromatic N) is 3. The zero-order valence-electron chi connectivity index (χ0n) is 17.4. The predicted octanol–water partition coefficient (Wildman–Crippen LogP) is 3.35. The minimum atomic E-state index is -0.339. The molecular formula is C24H24N4O3. The second-order valence-electron chi connectivity index (χ2n) is 8.23. The van der Waals surface area contributed by atoms with E-state index in [0.29, 0.717) is 43.8 Å². The summed E-state index contributed by atoms with van der Waals surface area (Å²) in [5, 5.41) is 6.79. The van der Waals surface area contributed by atoms with Crippen molar-refractivity contribution >= 4 is 17.5 Å². The van der Waals surface area contributed by atoms with Crippen molar-refractivity contribution in [2.24, 2.45) is 5.41 Å². The zero-order valence-corrected chi connectivity index (χ0v) is 17.4. The highest BCUT2D eigenvalue weighted by atomic mass is 16.5. The van der Waals surface area contributed by atoms with Crippen molar-refractivity contribution in [1.82, 2.24) is 15.1 Å². The van der Waals surface area contributed by atoms with Gasteiger partial charge in [0.05, 0.1) is 18.7 Å². The number of carbonyl (C=O) groups excluding carboxylic acids is 2. The first kappa shape index (κ1) is 19.4. The number of piperidine rings is 1. The first-order chi connectivity index (χ1) is 15.1. The molecule has 0 atom stereocenters. The lowest BCUT2D eigenvalue weighted by atomic mass is 9.70. The van der Waals surface area contributed by atoms with E-state index in [1.807, 2.05) is 52.4 Å². The lowest BCUT2D eigenvalue weighted by molar-refractivity contribution is -0.138. The van der Waals surface area contributed by atoms with Gasteiger partial charge in [-0.05, 0) is 48.7 Å². The van der Waals surface area contributed by atoms with Gasteiger partial charge in [0.1, 0.15) is 5.75 Å². The summed E-state index contributed by atoms with van der Waals surface area (Å²) < 4.78 is 5.22. The number of likely N-dealkylation sites (tertiary alicyclic amines) is 1. The maximum Gasteiger partial charge on any atom is 0.253 e. The van der Waals surface area contributed by atoms with E-state index >= 15 is 0 Å². The van der Waals surface area contributed by atoms with Crippen LogP contribution < -0.4 is 9.64 Å². The molecule has 0 radical (unpaired) electrons. The lowest BCUT2D eigenvalue weighted by Gasteiger charge is -2.52. The van der Waals surface area contributed by atoms with Crippen molar-refractivity contribution in [1.29, 1.82) is 0 Å². The topological polar surface area (TPSA) is 78.5 Å². The van der Waals surface area contributed by atoms with Crippen LogP contribution in [-0.4, -0.2) is 53.7 Å². The molecule has 0 aliphatic carbocycles. The molecule has 2 aromatic carbocycles. The van der Waals surface area contributed by atoms with Crippen LogP contribution in [0.2, 0.25) is 0 Å². The molecule has 0 saturated carbocycles. The van der Waals surface area contributed by atoms with Gasteiger partial charge in [-0.15, -0.1) is 0 Å². The Morgan fingerprint density at radius 2 is 1.87 bits per heavy atom. The SMILES string of the molecule is COc1cccc(C(=O)N2CCC3(CC2)CN(c2ccc(-c4cn[nH]c4)cc2)C3=O)c1. The van der Waals surface area contributed by atoms with Crippen LogP contribution in [-0.2, 0) is 4.79 Å². The highest BCUT2D eigenvalue weighted by molar-refractivity contribution is 6.05. The van der Waals surface area contributed by atoms with Crippen LogP contribution in [0.25, 0.3) is 11.1 Å². The highest BCUT2D eigenvalue weighted by Crippen LogP contribution is 2.44. The minimum Gasteiger partial charge on any atom is -0.497 e. The van der Waals surface area contributed by atoms with E-state index in [1.54, 1.807) is 25.4 Å². The molecule has 1 N–H and O–H groups in total. The Kier molecular flexibility index (Phi) is 4.73. The fraction of sp³-hybridized carbons (Fsp3) is 0.292. The Bertz CT molecular complexity index is 1100. The number of H-pyrrole nitrogens is 1. The number of hydrogen-bond acceptors (Lipinski definition) is 4. The highest BCUT2D eigenvalue weighted by Gasteiger charge is 2.53. The Hall–Kier alpha value is -3.61. The molecule has 31 heavy (non-hydrogen) atoms. The van der Waals surface area contributed by atoms with Gasteiger partial charge in [0.15, 0.2) is 0 Å². The van der Waals surface area contributed by atoms with Crippen LogP contribution in [0.4, 0.5) is 5.69 Å². The number of β-lactam (4-membered cyclic amide) rings is 1. The van der Waals surface area contributed by atoms with Crippen LogP contribution in [0.3, 0.4) is 0 Å². The zero-order chi connectivity index (χ0) is 21.4. The fourth-order valence-electron chi connectivity index (χ4n) is 4.54. The number of aromatic nitrogens is 2. The molecule has 0 unspecified atom stereocenters. The summed E-state index contributed by atoms with van der Waals surface area (Å²) in [6.07, 6.45) is 5.02. The summed E-state index contributed by atoms with van der Waals surface area (Å²) in [6.45, 7) is 1.89. The molecule has 7 nitrogen and oxygen atoms in total. The molecule has 2 aliphatic heterocycles. The van der Waals surface area contributed by atoms with Gasteiger partial charge in [-0.2, -0.15) is 5.10 Å². The average molecular weight is 416 g/mol. The van der Waals surface area contributed by atoms with Gasteiger partial charge in [-0.3, -0.25) is 14.7 Å². The summed E-state index contributed by atoms with van der Waals surface area (Å²) in [7, 11) is 1.59. The summed E-state index contributed by atoms with van der Waals surface area (Å²) >= 11 is 0. The minimum absolute atomic E-state index is 0.00721. The van der Waals surface area contributed by atoms with Crippen molar-refractivity contribution < 1.29 is 14.3 Å². The van der Waals surface area contributed by atoms with Crippen molar-refractivity contribution in [2.45, 2.75) is 12.8 Å². The van der Waals surface area contributed by atoms with E-state index in [-0.39, 0.29) is 17.2 Å². The molecular weight excluding hydrogens is 392 g/mol. The molecule has 5 rings (SSSR count). The predicted molar refractivity (Wildman–Crippen MR) is 117 cm³/mol. The number of nitrogens with one attached hydrogen (secondary N) is 1. The first-order valence-electron chi connectivity index (χ1n) is 10.4. The lowest BCUT2D eigenvalue weighted by Crippen LogP contribution is -2.65. The van der Waals surface area contributed by atoms with Gasteiger partial charge in [0.25, 0.3) is 5.91 Å². The number of hydrogen-bond donors (Lipinski definition) is 1. The molecule has 1 spiro atoms. The summed E-state index contributed by atoms with van der Waals surface area (Å²) in [5.41, 5.74) is 3.27. The van der Waals surface area contributed by atoms with Crippen molar-refractivity contribution in [3.05, 3.63) is 66.5 Å². The van der Waals surface area contributed by atoms with Gasteiger partial charge in [0, 0.05) is 42.6 Å². The molecule has 158 valence electrons. The third-order valence-corrected chi connectivity index (χ3v) is 6.49. The molecule has 0 bridgehead atoms. The summed E-state index contributed by atoms with van der Waals surface area (Å²) in [5.74, 6) is 0.826. The van der Waals surface area contributed by atoms with Crippen molar-refractivity contribution in [3.63, 3.8) is 0 Å². The van der Waals surface area contributed by atoms with E-state index < -0.39 is 0 Å². The van der Waals surface area contributed by atoms with E-state index in [9.17, 15) is 9.59 Å². The Labute approximate surface area is 180 Å². The van der Waals surface area contributed by atoms with Crippen LogP contribution in [0, 0.1) is 5.41 Å². The number of methoxy groups -OCH3 is 1. The second-order valence-corrected chi connectivity index (χ2v) is 8.23. The maximum atomic E-state index is 13.1. The third-order valence-electron chi connectivity index (χ3n) is 6.49. The molecule has 2 amide bonds. The van der Waals surface area contributed by atoms with Gasteiger partial charge < -0.3 is 14.5 Å². The molecule has 3 heterocycles. The Morgan fingerprint density at radius 3 is 2.52 bits per heavy atom. The Morgan fingerprint density at radius 1 is 1.10 bits per heavy atom. The molecule has 7 heteroatoms. The number of aromatic amines is 1. The van der Waals surface area contributed by atoms with Gasteiger partial charge in [-0.25, -0.2) is 0 Å². The van der Waals surface area contributed by atoms with E-state index in [0.717, 1.165) is 16.8 Å². The van der Waals surface area contributed by atoms with E-state index in [4.69, 9.17) is 4.74 Å². The Balaban J connectivity index is 1.22. The van der Waals surface area contributed by atoms with Crippen LogP contribution in [0.5, 0.6) is 5.75 Å². The second kappa shape index (κ2) is 7.58. The average Bonchev–Trinajstić information content (AvgIpc) is 3.37. The molecule has 1 aromatic heterocycles. The summed E-state index contributed by atoms with van der Waals surface area (Å²) in [6, 6.07) is 15.2. The summed E-state index contributed by atoms with van der Waals surface area (Å²) in [4.78, 5) is 29.6. The van der Waals surface area contributed by atoms with Gasteiger partial charge in [-0.1, -0.05) is 18.2 Å². The normalized spacial score (nSPS) is 17.5. The smallest absolute Gasteiger partial charge is 0.253 e. The quantitative estimate of drug-likeness (QED) is 0.662. The third kappa shape index (κ3) is 3.36. The number of anilines is 1. The van der Waals surface area contributed by atoms with Crippen molar-refractivity contribution in [3.8, 4) is 16.9 Å². The molecule has 2 fully saturated rings. The molecule has 3 aromatic rings. The number of amides is 2. The molecule has 2 aliphatic rings. The van der Waals surface area contributed by atoms with Crippen LogP contribution in [0.1, 0.15) is 23.2 Å². The first-order valence-corrected chi connectivity index (χ1v) is 10.4. The number of rotatable bonds is 4. The standard InChI is InChI=1S/C24H24N4O3/c1-31-21-4-2-3-18(13-21)22(29)27-11-9-24(10-12-27)16-28(23(24)30)20-7-5-17(6-8-20)19-14-25-26-15-19/h2-8,13-15H,9-12,16H2,1H3,(H,25,26). The van der Waals surface area contributed by atoms with E-state index in [1.165, 1.54) is 0 Å². The fourth-order valence-corrected chi connectivity index (χ4v) is 4.54. The molecule has 2 saturated heterocycles. The van der Waals surface area contributed by atoms with E-state index in [2.05, 4.69) is 10.2 Å². The number of ether oxygens (including phenoxy) is 1. The monoisotopic (exact) mass is 416 g/mol. The van der Waals surface area contributed by atoms with Gasteiger partial charge >= 0.3 is 0 Å². The number of benzene rings is 2. The van der Waals surface area contributed by atoms with Crippen molar-refractivity contribution in [2.75, 3.05) is 31.6 Å². The number of carbonyl (C=O) groups is 2. The largest absolute Gasteiger partial charge is 0.497 e. The van der Waals surface area contributed by atoms with Gasteiger partial charge in [0.2, 0.25) is 5.91 Å². The maximum absolute atomic E-state index is 13.1. The van der Waals surface area contributed by atoms with Crippen LogP contribution >= 0.6 is 0 Å².